The molecule has 0 unspecified atom stereocenters. The second-order valence-corrected chi connectivity index (χ2v) is 5.56. The molecule has 2 heteroatoms. The number of nitrogens with zero attached hydrogens (tertiary/aromatic N) is 1. The van der Waals surface area contributed by atoms with Crippen LogP contribution in [0.1, 0.15) is 27.2 Å². The SMILES string of the molecule is CN(C)[C@@H]([C@@H](O)C1=CCC=C1)C(C)(C)C. The van der Waals surface area contributed by atoms with E-state index in [2.05, 4.69) is 37.8 Å². The van der Waals surface area contributed by atoms with Gasteiger partial charge >= 0.3 is 0 Å². The van der Waals surface area contributed by atoms with Crippen molar-refractivity contribution in [1.82, 2.24) is 4.90 Å². The first-order valence-electron chi connectivity index (χ1n) is 5.55. The van der Waals surface area contributed by atoms with Crippen LogP contribution in [0.15, 0.2) is 23.8 Å². The molecule has 2 nitrogen and oxygen atoms in total. The summed E-state index contributed by atoms with van der Waals surface area (Å²) in [6.45, 7) is 6.50. The Bertz CT molecular complexity index is 271. The van der Waals surface area contributed by atoms with Gasteiger partial charge in [0.05, 0.1) is 6.10 Å². The molecule has 0 aliphatic heterocycles. The molecule has 15 heavy (non-hydrogen) atoms. The molecule has 1 aliphatic carbocycles. The Kier molecular flexibility index (Phi) is 3.74. The highest BCUT2D eigenvalue weighted by atomic mass is 16.3. The number of aliphatic hydroxyl groups is 1. The van der Waals surface area contributed by atoms with Gasteiger partial charge in [-0.15, -0.1) is 0 Å². The molecular weight excluding hydrogens is 186 g/mol. The van der Waals surface area contributed by atoms with Gasteiger partial charge in [-0.1, -0.05) is 39.0 Å². The van der Waals surface area contributed by atoms with Crippen molar-refractivity contribution in [2.45, 2.75) is 39.3 Å². The van der Waals surface area contributed by atoms with Crippen LogP contribution in [0.25, 0.3) is 0 Å². The molecule has 0 saturated heterocycles. The topological polar surface area (TPSA) is 23.5 Å². The normalized spacial score (nSPS) is 20.6. The maximum Gasteiger partial charge on any atom is 0.0946 e. The van der Waals surface area contributed by atoms with Gasteiger partial charge in [0.2, 0.25) is 0 Å². The lowest BCUT2D eigenvalue weighted by molar-refractivity contribution is 0.0369. The van der Waals surface area contributed by atoms with E-state index in [9.17, 15) is 5.11 Å². The summed E-state index contributed by atoms with van der Waals surface area (Å²) in [5.41, 5.74) is 1.13. The largest absolute Gasteiger partial charge is 0.387 e. The van der Waals surface area contributed by atoms with Crippen LogP contribution in [0.2, 0.25) is 0 Å². The van der Waals surface area contributed by atoms with E-state index in [1.807, 2.05) is 20.2 Å². The van der Waals surface area contributed by atoms with Crippen molar-refractivity contribution in [2.24, 2.45) is 5.41 Å². The zero-order valence-corrected chi connectivity index (χ0v) is 10.5. The van der Waals surface area contributed by atoms with Gasteiger partial charge < -0.3 is 10.0 Å². The van der Waals surface area contributed by atoms with Gasteiger partial charge in [-0.05, 0) is 31.5 Å². The smallest absolute Gasteiger partial charge is 0.0946 e. The highest BCUT2D eigenvalue weighted by Crippen LogP contribution is 2.30. The Balaban J connectivity index is 2.85. The lowest BCUT2D eigenvalue weighted by Crippen LogP contribution is -2.48. The average molecular weight is 209 g/mol. The van der Waals surface area contributed by atoms with Crippen LogP contribution in [-0.4, -0.2) is 36.2 Å². The van der Waals surface area contributed by atoms with Crippen molar-refractivity contribution in [3.8, 4) is 0 Å². The van der Waals surface area contributed by atoms with Crippen molar-refractivity contribution in [1.29, 1.82) is 0 Å². The molecule has 0 aromatic heterocycles. The third kappa shape index (κ3) is 2.93. The number of rotatable bonds is 3. The first-order chi connectivity index (χ1) is 6.84. The standard InChI is InChI=1S/C13H23NO/c1-13(2,3)12(14(4)5)11(15)10-8-6-7-9-10/h6,8-9,11-12,15H,7H2,1-5H3/t11-,12-/m0/s1. The van der Waals surface area contributed by atoms with Crippen LogP contribution < -0.4 is 0 Å². The molecule has 0 amide bonds. The van der Waals surface area contributed by atoms with Crippen molar-refractivity contribution >= 4 is 0 Å². The fraction of sp³-hybridized carbons (Fsp3) is 0.692. The lowest BCUT2D eigenvalue weighted by Gasteiger charge is -2.39. The third-order valence-corrected chi connectivity index (χ3v) is 2.88. The molecule has 0 spiro atoms. The zero-order valence-electron chi connectivity index (χ0n) is 10.5. The molecule has 1 rings (SSSR count). The predicted octanol–water partition coefficient (Wildman–Crippen LogP) is 2.21. The molecule has 0 saturated carbocycles. The number of likely N-dealkylation sites (N-methyl/N-ethyl adjacent to an activating group) is 1. The Hall–Kier alpha value is -0.600. The molecule has 2 atom stereocenters. The van der Waals surface area contributed by atoms with E-state index in [4.69, 9.17) is 0 Å². The Labute approximate surface area is 93.3 Å². The molecule has 1 aliphatic rings. The number of allylic oxidation sites excluding steroid dienone is 2. The first-order valence-corrected chi connectivity index (χ1v) is 5.55. The van der Waals surface area contributed by atoms with Crippen LogP contribution in [0.4, 0.5) is 0 Å². The van der Waals surface area contributed by atoms with Crippen LogP contribution in [-0.2, 0) is 0 Å². The summed E-state index contributed by atoms with van der Waals surface area (Å²) in [5.74, 6) is 0. The van der Waals surface area contributed by atoms with Crippen LogP contribution in [0, 0.1) is 5.41 Å². The Morgan fingerprint density at radius 3 is 2.27 bits per heavy atom. The molecule has 0 aromatic carbocycles. The molecule has 86 valence electrons. The Morgan fingerprint density at radius 1 is 1.33 bits per heavy atom. The molecular formula is C13H23NO. The van der Waals surface area contributed by atoms with E-state index < -0.39 is 6.10 Å². The molecule has 0 fully saturated rings. The molecule has 1 N–H and O–H groups in total. The van der Waals surface area contributed by atoms with E-state index in [-0.39, 0.29) is 11.5 Å². The van der Waals surface area contributed by atoms with Gasteiger partial charge in [0.1, 0.15) is 0 Å². The van der Waals surface area contributed by atoms with Crippen LogP contribution in [0.3, 0.4) is 0 Å². The van der Waals surface area contributed by atoms with Gasteiger partial charge in [-0.3, -0.25) is 0 Å². The summed E-state index contributed by atoms with van der Waals surface area (Å²) in [7, 11) is 4.05. The van der Waals surface area contributed by atoms with E-state index in [0.29, 0.717) is 0 Å². The highest BCUT2D eigenvalue weighted by Gasteiger charge is 2.34. The maximum absolute atomic E-state index is 10.4. The van der Waals surface area contributed by atoms with Crippen LogP contribution >= 0.6 is 0 Å². The summed E-state index contributed by atoms with van der Waals surface area (Å²) < 4.78 is 0. The molecule has 0 bridgehead atoms. The minimum atomic E-state index is -0.390. The minimum Gasteiger partial charge on any atom is -0.387 e. The number of aliphatic hydroxyl groups excluding tert-OH is 1. The summed E-state index contributed by atoms with van der Waals surface area (Å²) in [6, 6.07) is 0.145. The van der Waals surface area contributed by atoms with Gasteiger partial charge in [0.15, 0.2) is 0 Å². The monoisotopic (exact) mass is 209 g/mol. The molecule has 0 radical (unpaired) electrons. The van der Waals surface area contributed by atoms with E-state index >= 15 is 0 Å². The fourth-order valence-electron chi connectivity index (χ4n) is 2.41. The van der Waals surface area contributed by atoms with Gasteiger partial charge in [0, 0.05) is 6.04 Å². The zero-order chi connectivity index (χ0) is 11.6. The summed E-state index contributed by atoms with van der Waals surface area (Å²) in [4.78, 5) is 2.11. The average Bonchev–Trinajstić information content (AvgIpc) is 2.51. The van der Waals surface area contributed by atoms with Crippen molar-refractivity contribution in [2.75, 3.05) is 14.1 Å². The fourth-order valence-corrected chi connectivity index (χ4v) is 2.41. The number of hydrogen-bond donors (Lipinski definition) is 1. The van der Waals surface area contributed by atoms with Gasteiger partial charge in [0.25, 0.3) is 0 Å². The minimum absolute atomic E-state index is 0.0696. The molecule has 0 aromatic rings. The maximum atomic E-state index is 10.4. The van der Waals surface area contributed by atoms with E-state index in [1.165, 1.54) is 0 Å². The predicted molar refractivity (Wildman–Crippen MR) is 64.8 cm³/mol. The highest BCUT2D eigenvalue weighted by molar-refractivity contribution is 5.31. The quantitative estimate of drug-likeness (QED) is 0.770. The summed E-state index contributed by atoms with van der Waals surface area (Å²) in [5, 5.41) is 10.4. The van der Waals surface area contributed by atoms with E-state index in [0.717, 1.165) is 12.0 Å². The Morgan fingerprint density at radius 2 is 1.93 bits per heavy atom. The van der Waals surface area contributed by atoms with Crippen LogP contribution in [0.5, 0.6) is 0 Å². The second-order valence-electron chi connectivity index (χ2n) is 5.56. The second kappa shape index (κ2) is 4.50. The molecule has 0 heterocycles. The third-order valence-electron chi connectivity index (χ3n) is 2.88. The van der Waals surface area contributed by atoms with Crippen molar-refractivity contribution in [3.05, 3.63) is 23.8 Å². The van der Waals surface area contributed by atoms with E-state index in [1.54, 1.807) is 0 Å². The van der Waals surface area contributed by atoms with Crippen molar-refractivity contribution < 1.29 is 5.11 Å². The first kappa shape index (κ1) is 12.5. The van der Waals surface area contributed by atoms with Crippen molar-refractivity contribution in [3.63, 3.8) is 0 Å². The summed E-state index contributed by atoms with van der Waals surface area (Å²) in [6.07, 6.45) is 6.79. The lowest BCUT2D eigenvalue weighted by atomic mass is 9.80. The summed E-state index contributed by atoms with van der Waals surface area (Å²) >= 11 is 0. The van der Waals surface area contributed by atoms with Gasteiger partial charge in [-0.25, -0.2) is 0 Å². The number of hydrogen-bond acceptors (Lipinski definition) is 2. The van der Waals surface area contributed by atoms with Gasteiger partial charge in [-0.2, -0.15) is 0 Å².